The summed E-state index contributed by atoms with van der Waals surface area (Å²) >= 11 is 0. The predicted molar refractivity (Wildman–Crippen MR) is 123 cm³/mol. The molecule has 1 unspecified atom stereocenters. The zero-order valence-corrected chi connectivity index (χ0v) is 19.2. The number of amides is 1. The topological polar surface area (TPSA) is 67.7 Å². The average molecular weight is 429 g/mol. The number of aromatic nitrogens is 2. The van der Waals surface area contributed by atoms with Crippen LogP contribution in [0.3, 0.4) is 0 Å². The first-order chi connectivity index (χ1) is 15.1. The monoisotopic (exact) mass is 428 g/mol. The van der Waals surface area contributed by atoms with Gasteiger partial charge in [-0.25, -0.2) is 4.98 Å². The number of piperazine rings is 1. The fourth-order valence-corrected chi connectivity index (χ4v) is 4.41. The number of hydrogen-bond acceptors (Lipinski definition) is 5. The number of rotatable bonds is 10. The molecule has 3 rings (SSSR count). The number of methoxy groups -OCH3 is 1. The van der Waals surface area contributed by atoms with Crippen molar-refractivity contribution in [1.82, 2.24) is 19.4 Å². The quantitative estimate of drug-likeness (QED) is 0.544. The Balaban J connectivity index is 1.81. The lowest BCUT2D eigenvalue weighted by molar-refractivity contribution is -0.133. The van der Waals surface area contributed by atoms with Gasteiger partial charge in [-0.2, -0.15) is 0 Å². The number of nitrogens with zero attached hydrogens (tertiary/aromatic N) is 4. The van der Waals surface area contributed by atoms with Gasteiger partial charge >= 0.3 is 0 Å². The molecule has 7 heteroatoms. The summed E-state index contributed by atoms with van der Waals surface area (Å²) in [5.41, 5.74) is 0.722. The molecule has 0 N–H and O–H groups in total. The van der Waals surface area contributed by atoms with Crippen LogP contribution in [-0.4, -0.2) is 65.2 Å². The van der Waals surface area contributed by atoms with Crippen LogP contribution in [0.25, 0.3) is 10.9 Å². The molecule has 0 bridgehead atoms. The van der Waals surface area contributed by atoms with E-state index in [1.807, 2.05) is 29.2 Å². The van der Waals surface area contributed by atoms with Crippen molar-refractivity contribution in [2.24, 2.45) is 0 Å². The highest BCUT2D eigenvalue weighted by Gasteiger charge is 2.29. The molecule has 1 aromatic heterocycles. The van der Waals surface area contributed by atoms with Crippen LogP contribution in [0.5, 0.6) is 0 Å². The number of fused-ring (bicyclic) bond motifs is 1. The van der Waals surface area contributed by atoms with Gasteiger partial charge in [-0.05, 0) is 25.0 Å². The van der Waals surface area contributed by atoms with Crippen LogP contribution in [0.4, 0.5) is 0 Å². The molecule has 1 saturated heterocycles. The Morgan fingerprint density at radius 3 is 2.55 bits per heavy atom. The van der Waals surface area contributed by atoms with Crippen LogP contribution in [0, 0.1) is 0 Å². The molecule has 31 heavy (non-hydrogen) atoms. The summed E-state index contributed by atoms with van der Waals surface area (Å²) in [7, 11) is 1.65. The van der Waals surface area contributed by atoms with Crippen LogP contribution < -0.4 is 5.56 Å². The summed E-state index contributed by atoms with van der Waals surface area (Å²) in [5.74, 6) is 1.06. The summed E-state index contributed by atoms with van der Waals surface area (Å²) in [6.07, 6.45) is 4.70. The van der Waals surface area contributed by atoms with Gasteiger partial charge in [-0.3, -0.25) is 19.1 Å². The summed E-state index contributed by atoms with van der Waals surface area (Å²) in [4.78, 5) is 35.0. The number of carbonyl (C=O) groups excluding carboxylic acids is 1. The number of unbranched alkanes of at least 4 members (excludes halogenated alkanes) is 2. The predicted octanol–water partition coefficient (Wildman–Crippen LogP) is 3.22. The van der Waals surface area contributed by atoms with E-state index in [0.29, 0.717) is 25.0 Å². The highest BCUT2D eigenvalue weighted by molar-refractivity contribution is 5.77. The maximum absolute atomic E-state index is 13.2. The van der Waals surface area contributed by atoms with E-state index in [-0.39, 0.29) is 17.5 Å². The van der Waals surface area contributed by atoms with Crippen molar-refractivity contribution in [3.8, 4) is 0 Å². The van der Waals surface area contributed by atoms with Gasteiger partial charge in [0.2, 0.25) is 5.91 Å². The van der Waals surface area contributed by atoms with Gasteiger partial charge in [-0.15, -0.1) is 0 Å². The number of ether oxygens (including phenoxy) is 1. The Kier molecular flexibility index (Phi) is 8.60. The van der Waals surface area contributed by atoms with E-state index >= 15 is 0 Å². The number of carbonyl (C=O) groups is 1. The molecule has 2 heterocycles. The Morgan fingerprint density at radius 2 is 1.87 bits per heavy atom. The van der Waals surface area contributed by atoms with Gasteiger partial charge in [0.25, 0.3) is 5.56 Å². The highest BCUT2D eigenvalue weighted by atomic mass is 16.5. The normalized spacial score (nSPS) is 16.0. The Bertz CT molecular complexity index is 919. The number of para-hydroxylation sites is 1. The summed E-state index contributed by atoms with van der Waals surface area (Å²) in [6, 6.07) is 7.57. The van der Waals surface area contributed by atoms with E-state index in [0.717, 1.165) is 63.2 Å². The van der Waals surface area contributed by atoms with Gasteiger partial charge in [0.15, 0.2) is 0 Å². The van der Waals surface area contributed by atoms with Crippen molar-refractivity contribution >= 4 is 16.8 Å². The molecular weight excluding hydrogens is 392 g/mol. The summed E-state index contributed by atoms with van der Waals surface area (Å²) < 4.78 is 7.04. The van der Waals surface area contributed by atoms with Gasteiger partial charge < -0.3 is 9.64 Å². The molecule has 170 valence electrons. The molecule has 0 radical (unpaired) electrons. The van der Waals surface area contributed by atoms with Crippen LogP contribution >= 0.6 is 0 Å². The van der Waals surface area contributed by atoms with Crippen molar-refractivity contribution in [3.63, 3.8) is 0 Å². The molecule has 0 saturated carbocycles. The molecular formula is C24H36N4O3. The van der Waals surface area contributed by atoms with Gasteiger partial charge in [0, 0.05) is 39.7 Å². The van der Waals surface area contributed by atoms with E-state index in [9.17, 15) is 9.59 Å². The molecule has 1 fully saturated rings. The average Bonchev–Trinajstić information content (AvgIpc) is 2.80. The molecule has 7 nitrogen and oxygen atoms in total. The molecule has 1 aliphatic heterocycles. The third kappa shape index (κ3) is 5.52. The van der Waals surface area contributed by atoms with E-state index in [1.54, 1.807) is 11.7 Å². The zero-order chi connectivity index (χ0) is 22.2. The second kappa shape index (κ2) is 11.4. The van der Waals surface area contributed by atoms with Crippen molar-refractivity contribution in [2.45, 2.75) is 58.5 Å². The molecule has 0 aliphatic carbocycles. The first-order valence-electron chi connectivity index (χ1n) is 11.6. The van der Waals surface area contributed by atoms with E-state index < -0.39 is 0 Å². The second-order valence-corrected chi connectivity index (χ2v) is 8.23. The minimum atomic E-state index is -0.0131. The number of hydrogen-bond donors (Lipinski definition) is 0. The summed E-state index contributed by atoms with van der Waals surface area (Å²) in [5, 5.41) is 0.639. The van der Waals surface area contributed by atoms with Gasteiger partial charge in [-0.1, -0.05) is 38.8 Å². The lowest BCUT2D eigenvalue weighted by Gasteiger charge is -2.39. The highest BCUT2D eigenvalue weighted by Crippen LogP contribution is 2.25. The lowest BCUT2D eigenvalue weighted by atomic mass is 10.1. The standard InChI is InChI=1S/C24H36N4O3/c1-4-6-7-12-22(29)27-15-13-26(14-16-27)21(5-2)23-25-20-11-9-8-10-19(20)24(30)28(23)17-18-31-3/h8-11,21H,4-7,12-18H2,1-3H3. The number of benzene rings is 1. The molecule has 2 aromatic rings. The largest absolute Gasteiger partial charge is 0.383 e. The van der Waals surface area contributed by atoms with Gasteiger partial charge in [0.05, 0.1) is 30.1 Å². The van der Waals surface area contributed by atoms with Crippen molar-refractivity contribution in [2.75, 3.05) is 39.9 Å². The fourth-order valence-electron chi connectivity index (χ4n) is 4.41. The Hall–Kier alpha value is -2.25. The first-order valence-corrected chi connectivity index (χ1v) is 11.6. The summed E-state index contributed by atoms with van der Waals surface area (Å²) in [6.45, 7) is 8.29. The molecule has 1 aliphatic rings. The molecule has 1 amide bonds. The molecule has 1 atom stereocenters. The lowest BCUT2D eigenvalue weighted by Crippen LogP contribution is -2.50. The Morgan fingerprint density at radius 1 is 1.13 bits per heavy atom. The maximum atomic E-state index is 13.2. The Labute approximate surface area is 185 Å². The van der Waals surface area contributed by atoms with Crippen LogP contribution in [0.15, 0.2) is 29.1 Å². The third-order valence-electron chi connectivity index (χ3n) is 6.20. The van der Waals surface area contributed by atoms with Crippen LogP contribution in [0.2, 0.25) is 0 Å². The SMILES string of the molecule is CCCCCC(=O)N1CCN(C(CC)c2nc3ccccc3c(=O)n2CCOC)CC1. The van der Waals surface area contributed by atoms with Crippen LogP contribution in [-0.2, 0) is 16.1 Å². The first kappa shape index (κ1) is 23.4. The smallest absolute Gasteiger partial charge is 0.261 e. The van der Waals surface area contributed by atoms with E-state index in [1.165, 1.54) is 0 Å². The molecule has 0 spiro atoms. The van der Waals surface area contributed by atoms with Crippen molar-refractivity contribution in [3.05, 3.63) is 40.4 Å². The van der Waals surface area contributed by atoms with E-state index in [2.05, 4.69) is 18.7 Å². The van der Waals surface area contributed by atoms with Crippen molar-refractivity contribution < 1.29 is 9.53 Å². The maximum Gasteiger partial charge on any atom is 0.261 e. The molecule has 1 aromatic carbocycles. The van der Waals surface area contributed by atoms with Gasteiger partial charge in [0.1, 0.15) is 5.82 Å². The van der Waals surface area contributed by atoms with Crippen molar-refractivity contribution in [1.29, 1.82) is 0 Å². The third-order valence-corrected chi connectivity index (χ3v) is 6.20. The van der Waals surface area contributed by atoms with Crippen LogP contribution in [0.1, 0.15) is 57.8 Å². The minimum absolute atomic E-state index is 0.0131. The second-order valence-electron chi connectivity index (χ2n) is 8.23. The van der Waals surface area contributed by atoms with E-state index in [4.69, 9.17) is 9.72 Å². The minimum Gasteiger partial charge on any atom is -0.383 e. The fraction of sp³-hybridized carbons (Fsp3) is 0.625. The zero-order valence-electron chi connectivity index (χ0n) is 19.2.